The number of halogens is 5. The van der Waals surface area contributed by atoms with Crippen molar-refractivity contribution in [1.82, 2.24) is 9.61 Å². The van der Waals surface area contributed by atoms with E-state index >= 15 is 0 Å². The zero-order valence-electron chi connectivity index (χ0n) is 13.1. The van der Waals surface area contributed by atoms with Crippen molar-refractivity contribution in [2.75, 3.05) is 7.11 Å². The minimum Gasteiger partial charge on any atom is -0.481 e. The normalized spacial score (nSPS) is 14.0. The smallest absolute Gasteiger partial charge is 0.459 e. The molecule has 9 heteroatoms. The first kappa shape index (κ1) is 18.2. The Hall–Kier alpha value is -2.19. The highest BCUT2D eigenvalue weighted by atomic mass is 19.4. The summed E-state index contributed by atoms with van der Waals surface area (Å²) in [5, 5.41) is 3.32. The van der Waals surface area contributed by atoms with Crippen LogP contribution >= 0.6 is 0 Å². The molecular weight excluding hydrogens is 335 g/mol. The molecule has 0 aliphatic carbocycles. The third-order valence-corrected chi connectivity index (χ3v) is 3.80. The second-order valence-electron chi connectivity index (χ2n) is 5.36. The number of alkyl halides is 5. The van der Waals surface area contributed by atoms with Crippen LogP contribution in [0.1, 0.15) is 36.3 Å². The fourth-order valence-electron chi connectivity index (χ4n) is 2.16. The molecule has 2 heterocycles. The van der Waals surface area contributed by atoms with Crippen molar-refractivity contribution in [2.45, 2.75) is 32.4 Å². The van der Waals surface area contributed by atoms with E-state index in [2.05, 4.69) is 5.10 Å². The van der Waals surface area contributed by atoms with Crippen molar-refractivity contribution in [3.05, 3.63) is 29.5 Å². The summed E-state index contributed by atoms with van der Waals surface area (Å²) in [5.74, 6) is -5.98. The van der Waals surface area contributed by atoms with E-state index in [1.165, 1.54) is 19.2 Å². The van der Waals surface area contributed by atoms with Crippen LogP contribution in [0.3, 0.4) is 0 Å². The van der Waals surface area contributed by atoms with Gasteiger partial charge in [0.15, 0.2) is 5.78 Å². The first-order valence-electron chi connectivity index (χ1n) is 7.10. The summed E-state index contributed by atoms with van der Waals surface area (Å²) in [6.45, 7) is 3.41. The number of Topliss-reactive ketones (excluding diaryl/α,β-unsaturated/α-hetero) is 1. The van der Waals surface area contributed by atoms with Gasteiger partial charge in [-0.1, -0.05) is 13.8 Å². The van der Waals surface area contributed by atoms with E-state index in [-0.39, 0.29) is 22.7 Å². The predicted molar refractivity (Wildman–Crippen MR) is 75.5 cm³/mol. The SMILES string of the molecule is CCC(C)C(=O)c1ccc(OC)n2nc(C(F)(F)C(F)(F)F)cc12. The molecule has 0 N–H and O–H groups in total. The summed E-state index contributed by atoms with van der Waals surface area (Å²) in [7, 11) is 1.22. The summed E-state index contributed by atoms with van der Waals surface area (Å²) in [4.78, 5) is 12.4. The number of hydrogen-bond acceptors (Lipinski definition) is 3. The number of carbonyl (C=O) groups excluding carboxylic acids is 1. The third-order valence-electron chi connectivity index (χ3n) is 3.80. The number of ether oxygens (including phenoxy) is 1. The Morgan fingerprint density at radius 2 is 1.92 bits per heavy atom. The lowest BCUT2D eigenvalue weighted by atomic mass is 9.97. The van der Waals surface area contributed by atoms with Crippen LogP contribution in [0.4, 0.5) is 22.0 Å². The monoisotopic (exact) mass is 350 g/mol. The van der Waals surface area contributed by atoms with Gasteiger partial charge in [0, 0.05) is 17.5 Å². The van der Waals surface area contributed by atoms with Crippen LogP contribution in [0.25, 0.3) is 5.52 Å². The summed E-state index contributed by atoms with van der Waals surface area (Å²) < 4.78 is 70.6. The number of nitrogens with zero attached hydrogens (tertiary/aromatic N) is 2. The molecule has 0 saturated carbocycles. The Morgan fingerprint density at radius 1 is 1.29 bits per heavy atom. The predicted octanol–water partition coefficient (Wildman–Crippen LogP) is 4.23. The van der Waals surface area contributed by atoms with Gasteiger partial charge in [-0.05, 0) is 18.6 Å². The number of pyridine rings is 1. The summed E-state index contributed by atoms with van der Waals surface area (Å²) in [6, 6.07) is 3.20. The van der Waals surface area contributed by atoms with E-state index in [9.17, 15) is 26.7 Å². The quantitative estimate of drug-likeness (QED) is 0.599. The summed E-state index contributed by atoms with van der Waals surface area (Å²) in [6.07, 6.45) is -5.30. The van der Waals surface area contributed by atoms with Crippen LogP contribution in [0.2, 0.25) is 0 Å². The van der Waals surface area contributed by atoms with Crippen LogP contribution in [0.5, 0.6) is 5.88 Å². The van der Waals surface area contributed by atoms with Gasteiger partial charge in [-0.2, -0.15) is 31.6 Å². The molecule has 0 spiro atoms. The lowest BCUT2D eigenvalue weighted by Gasteiger charge is -2.16. The molecule has 0 saturated heterocycles. The summed E-state index contributed by atoms with van der Waals surface area (Å²) in [5.41, 5.74) is -1.63. The van der Waals surface area contributed by atoms with Crippen molar-refractivity contribution in [3.8, 4) is 5.88 Å². The van der Waals surface area contributed by atoms with Crippen LogP contribution < -0.4 is 4.74 Å². The van der Waals surface area contributed by atoms with Gasteiger partial charge in [-0.15, -0.1) is 0 Å². The van der Waals surface area contributed by atoms with Crippen LogP contribution in [0, 0.1) is 5.92 Å². The van der Waals surface area contributed by atoms with Gasteiger partial charge >= 0.3 is 12.1 Å². The number of fused-ring (bicyclic) bond motifs is 1. The topological polar surface area (TPSA) is 43.6 Å². The first-order valence-corrected chi connectivity index (χ1v) is 7.10. The maximum Gasteiger partial charge on any atom is 0.459 e. The fraction of sp³-hybridized carbons (Fsp3) is 0.467. The highest BCUT2D eigenvalue weighted by Crippen LogP contribution is 2.44. The summed E-state index contributed by atoms with van der Waals surface area (Å²) >= 11 is 0. The van der Waals surface area contributed by atoms with Gasteiger partial charge < -0.3 is 4.74 Å². The van der Waals surface area contributed by atoms with Crippen molar-refractivity contribution in [3.63, 3.8) is 0 Å². The molecule has 2 rings (SSSR count). The van der Waals surface area contributed by atoms with E-state index in [1.807, 2.05) is 0 Å². The Labute approximate surface area is 134 Å². The minimum absolute atomic E-state index is 0.0156. The lowest BCUT2D eigenvalue weighted by Crippen LogP contribution is -2.34. The molecule has 1 atom stereocenters. The zero-order valence-corrected chi connectivity index (χ0v) is 13.1. The average molecular weight is 350 g/mol. The van der Waals surface area contributed by atoms with Gasteiger partial charge in [0.05, 0.1) is 12.6 Å². The maximum absolute atomic E-state index is 13.6. The van der Waals surface area contributed by atoms with Gasteiger partial charge in [0.25, 0.3) is 0 Å². The van der Waals surface area contributed by atoms with E-state index in [1.54, 1.807) is 13.8 Å². The highest BCUT2D eigenvalue weighted by molar-refractivity contribution is 6.03. The number of methoxy groups -OCH3 is 1. The van der Waals surface area contributed by atoms with Crippen molar-refractivity contribution >= 4 is 11.3 Å². The Bertz CT molecular complexity index is 767. The molecular formula is C15H15F5N2O2. The molecule has 0 aliphatic rings. The number of hydrogen-bond donors (Lipinski definition) is 0. The molecule has 0 fully saturated rings. The van der Waals surface area contributed by atoms with Gasteiger partial charge in [0.1, 0.15) is 5.69 Å². The molecule has 0 amide bonds. The van der Waals surface area contributed by atoms with Crippen molar-refractivity contribution < 1.29 is 31.5 Å². The van der Waals surface area contributed by atoms with Crippen LogP contribution in [-0.4, -0.2) is 28.7 Å². The average Bonchev–Trinajstić information content (AvgIpc) is 2.97. The lowest BCUT2D eigenvalue weighted by molar-refractivity contribution is -0.291. The van der Waals surface area contributed by atoms with Gasteiger partial charge in [-0.25, -0.2) is 0 Å². The van der Waals surface area contributed by atoms with E-state index < -0.39 is 23.7 Å². The van der Waals surface area contributed by atoms with Gasteiger partial charge in [-0.3, -0.25) is 4.79 Å². The largest absolute Gasteiger partial charge is 0.481 e. The molecule has 0 bridgehead atoms. The number of aromatic nitrogens is 2. The first-order chi connectivity index (χ1) is 11.0. The molecule has 0 aliphatic heterocycles. The number of carbonyl (C=O) groups is 1. The van der Waals surface area contributed by atoms with E-state index in [0.717, 1.165) is 4.52 Å². The standard InChI is InChI=1S/C15H15F5N2O2/c1-4-8(2)13(23)9-5-6-12(24-3)22-10(9)7-11(21-22)14(16,17)15(18,19)20/h5-8H,4H2,1-3H3. The number of ketones is 1. The maximum atomic E-state index is 13.6. The number of rotatable bonds is 5. The Kier molecular flexibility index (Phi) is 4.56. The minimum atomic E-state index is -5.79. The third kappa shape index (κ3) is 2.83. The highest BCUT2D eigenvalue weighted by Gasteiger charge is 2.60. The van der Waals surface area contributed by atoms with Crippen LogP contribution in [0.15, 0.2) is 18.2 Å². The van der Waals surface area contributed by atoms with Crippen LogP contribution in [-0.2, 0) is 5.92 Å². The Balaban J connectivity index is 2.71. The fourth-order valence-corrected chi connectivity index (χ4v) is 2.16. The van der Waals surface area contributed by atoms with Crippen molar-refractivity contribution in [2.24, 2.45) is 5.92 Å². The molecule has 4 nitrogen and oxygen atoms in total. The molecule has 0 aromatic carbocycles. The van der Waals surface area contributed by atoms with E-state index in [0.29, 0.717) is 12.5 Å². The molecule has 1 unspecified atom stereocenters. The zero-order chi connectivity index (χ0) is 18.3. The second kappa shape index (κ2) is 6.03. The van der Waals surface area contributed by atoms with E-state index in [4.69, 9.17) is 4.74 Å². The molecule has 2 aromatic rings. The molecule has 2 aromatic heterocycles. The molecule has 24 heavy (non-hydrogen) atoms. The molecule has 132 valence electrons. The second-order valence-corrected chi connectivity index (χ2v) is 5.36. The van der Waals surface area contributed by atoms with Crippen molar-refractivity contribution in [1.29, 1.82) is 0 Å². The van der Waals surface area contributed by atoms with Gasteiger partial charge in [0.2, 0.25) is 5.88 Å². The molecule has 0 radical (unpaired) electrons. The Morgan fingerprint density at radius 3 is 2.42 bits per heavy atom.